The molecule has 0 aliphatic carbocycles. The zero-order chi connectivity index (χ0) is 16.4. The molecule has 23 heavy (non-hydrogen) atoms. The largest absolute Gasteiger partial charge is 0.507 e. The summed E-state index contributed by atoms with van der Waals surface area (Å²) in [6.07, 6.45) is 0. The average Bonchev–Trinajstić information content (AvgIpc) is 2.58. The van der Waals surface area contributed by atoms with Crippen LogP contribution < -0.4 is 0 Å². The Morgan fingerprint density at radius 1 is 0.739 bits per heavy atom. The van der Waals surface area contributed by atoms with Crippen molar-refractivity contribution in [3.05, 3.63) is 89.5 Å². The fourth-order valence-corrected chi connectivity index (χ4v) is 3.00. The normalized spacial score (nSPS) is 11.4. The molecule has 0 fully saturated rings. The average molecular weight is 302 g/mol. The monoisotopic (exact) mass is 302 g/mol. The Morgan fingerprint density at radius 2 is 1.30 bits per heavy atom. The molecule has 0 unspecified atom stereocenters. The van der Waals surface area contributed by atoms with Crippen LogP contribution >= 0.6 is 0 Å². The first kappa shape index (κ1) is 15.4. The first-order valence-corrected chi connectivity index (χ1v) is 7.95. The lowest BCUT2D eigenvalue weighted by molar-refractivity contribution is 0.472. The summed E-state index contributed by atoms with van der Waals surface area (Å²) in [5.41, 5.74) is 5.19. The minimum absolute atomic E-state index is 0.122. The molecule has 3 aromatic rings. The van der Waals surface area contributed by atoms with Gasteiger partial charge in [0.15, 0.2) is 0 Å². The molecule has 0 aliphatic rings. The first-order chi connectivity index (χ1) is 11.0. The molecule has 0 saturated carbocycles. The molecule has 1 nitrogen and oxygen atoms in total. The molecule has 1 N–H and O–H groups in total. The van der Waals surface area contributed by atoms with Crippen LogP contribution in [0, 0.1) is 6.92 Å². The number of rotatable bonds is 3. The third kappa shape index (κ3) is 2.87. The first-order valence-electron chi connectivity index (χ1n) is 7.95. The van der Waals surface area contributed by atoms with Crippen LogP contribution in [0.15, 0.2) is 72.8 Å². The molecular weight excluding hydrogens is 280 g/mol. The third-order valence-corrected chi connectivity index (χ3v) is 4.60. The van der Waals surface area contributed by atoms with Crippen LogP contribution in [0.25, 0.3) is 11.1 Å². The van der Waals surface area contributed by atoms with Crippen LogP contribution in [0.5, 0.6) is 5.75 Å². The van der Waals surface area contributed by atoms with E-state index in [2.05, 4.69) is 50.2 Å². The smallest absolute Gasteiger partial charge is 0.126 e. The van der Waals surface area contributed by atoms with E-state index in [0.717, 1.165) is 16.7 Å². The van der Waals surface area contributed by atoms with Gasteiger partial charge in [-0.1, -0.05) is 80.6 Å². The summed E-state index contributed by atoms with van der Waals surface area (Å²) in [6.45, 7) is 6.41. The van der Waals surface area contributed by atoms with Gasteiger partial charge < -0.3 is 5.11 Å². The number of hydrogen-bond donors (Lipinski definition) is 1. The maximum Gasteiger partial charge on any atom is 0.126 e. The Kier molecular flexibility index (Phi) is 3.96. The molecule has 0 saturated heterocycles. The Morgan fingerprint density at radius 3 is 1.91 bits per heavy atom. The van der Waals surface area contributed by atoms with Crippen molar-refractivity contribution in [2.24, 2.45) is 0 Å². The lowest BCUT2D eigenvalue weighted by Gasteiger charge is -2.27. The van der Waals surface area contributed by atoms with Crippen LogP contribution in [0.3, 0.4) is 0 Å². The van der Waals surface area contributed by atoms with Crippen LogP contribution in [0.4, 0.5) is 0 Å². The van der Waals surface area contributed by atoms with Gasteiger partial charge in [0.05, 0.1) is 0 Å². The molecule has 0 spiro atoms. The lowest BCUT2D eigenvalue weighted by atomic mass is 9.76. The molecule has 1 heteroatoms. The van der Waals surface area contributed by atoms with Crippen LogP contribution in [-0.4, -0.2) is 5.11 Å². The molecule has 3 aromatic carbocycles. The van der Waals surface area contributed by atoms with Gasteiger partial charge in [-0.05, 0) is 35.2 Å². The summed E-state index contributed by atoms with van der Waals surface area (Å²) in [6, 6.07) is 24.8. The Bertz CT molecular complexity index is 802. The molecule has 3 rings (SSSR count). The molecule has 116 valence electrons. The van der Waals surface area contributed by atoms with Crippen molar-refractivity contribution in [1.29, 1.82) is 0 Å². The van der Waals surface area contributed by atoms with E-state index in [1.165, 1.54) is 11.1 Å². The van der Waals surface area contributed by atoms with E-state index in [4.69, 9.17) is 0 Å². The summed E-state index contributed by atoms with van der Waals surface area (Å²) in [7, 11) is 0. The minimum atomic E-state index is -0.122. The SMILES string of the molecule is Cc1cc(C(C)(C)c2ccccc2)cc(-c2ccccc2)c1O. The zero-order valence-electron chi connectivity index (χ0n) is 13.9. The third-order valence-electron chi connectivity index (χ3n) is 4.60. The summed E-state index contributed by atoms with van der Waals surface area (Å²) in [5.74, 6) is 0.365. The highest BCUT2D eigenvalue weighted by atomic mass is 16.3. The highest BCUT2D eigenvalue weighted by Crippen LogP contribution is 2.39. The number of phenolic OH excluding ortho intramolecular Hbond substituents is 1. The van der Waals surface area contributed by atoms with Gasteiger partial charge in [0.2, 0.25) is 0 Å². The zero-order valence-corrected chi connectivity index (χ0v) is 13.9. The van der Waals surface area contributed by atoms with Gasteiger partial charge in [-0.25, -0.2) is 0 Å². The summed E-state index contributed by atoms with van der Waals surface area (Å²) in [4.78, 5) is 0. The van der Waals surface area contributed by atoms with Gasteiger partial charge in [-0.2, -0.15) is 0 Å². The Hall–Kier alpha value is -2.54. The van der Waals surface area contributed by atoms with E-state index in [-0.39, 0.29) is 5.41 Å². The van der Waals surface area contributed by atoms with E-state index in [1.54, 1.807) is 0 Å². The van der Waals surface area contributed by atoms with Crippen molar-refractivity contribution in [3.8, 4) is 16.9 Å². The molecule has 0 aliphatic heterocycles. The quantitative estimate of drug-likeness (QED) is 0.658. The molecular formula is C22H22O. The van der Waals surface area contributed by atoms with Gasteiger partial charge in [-0.3, -0.25) is 0 Å². The second kappa shape index (κ2) is 5.92. The second-order valence-corrected chi connectivity index (χ2v) is 6.55. The van der Waals surface area contributed by atoms with E-state index >= 15 is 0 Å². The predicted molar refractivity (Wildman–Crippen MR) is 96.8 cm³/mol. The molecule has 0 bridgehead atoms. The van der Waals surface area contributed by atoms with Gasteiger partial charge in [0.1, 0.15) is 5.75 Å². The maximum atomic E-state index is 10.5. The van der Waals surface area contributed by atoms with Crippen molar-refractivity contribution in [3.63, 3.8) is 0 Å². The van der Waals surface area contributed by atoms with E-state index < -0.39 is 0 Å². The number of hydrogen-bond acceptors (Lipinski definition) is 1. The van der Waals surface area contributed by atoms with E-state index in [9.17, 15) is 5.11 Å². The van der Waals surface area contributed by atoms with Crippen molar-refractivity contribution in [2.75, 3.05) is 0 Å². The summed E-state index contributed by atoms with van der Waals surface area (Å²) < 4.78 is 0. The standard InChI is InChI=1S/C22H22O/c1-16-14-19(22(2,3)18-12-8-5-9-13-18)15-20(21(16)23)17-10-6-4-7-11-17/h4-15,23H,1-3H3. The number of aromatic hydroxyl groups is 1. The summed E-state index contributed by atoms with van der Waals surface area (Å²) in [5, 5.41) is 10.5. The van der Waals surface area contributed by atoms with Crippen LogP contribution in [0.2, 0.25) is 0 Å². The van der Waals surface area contributed by atoms with Crippen molar-refractivity contribution in [2.45, 2.75) is 26.2 Å². The molecule has 0 atom stereocenters. The highest BCUT2D eigenvalue weighted by molar-refractivity contribution is 5.73. The lowest BCUT2D eigenvalue weighted by Crippen LogP contribution is -2.19. The highest BCUT2D eigenvalue weighted by Gasteiger charge is 2.25. The fourth-order valence-electron chi connectivity index (χ4n) is 3.00. The van der Waals surface area contributed by atoms with E-state index in [0.29, 0.717) is 5.75 Å². The van der Waals surface area contributed by atoms with Crippen LogP contribution in [-0.2, 0) is 5.41 Å². The van der Waals surface area contributed by atoms with Gasteiger partial charge >= 0.3 is 0 Å². The maximum absolute atomic E-state index is 10.5. The predicted octanol–water partition coefficient (Wildman–Crippen LogP) is 5.69. The second-order valence-electron chi connectivity index (χ2n) is 6.55. The van der Waals surface area contributed by atoms with Gasteiger partial charge in [-0.15, -0.1) is 0 Å². The van der Waals surface area contributed by atoms with Crippen LogP contribution in [0.1, 0.15) is 30.5 Å². The Balaban J connectivity index is 2.17. The number of phenols is 1. The number of aryl methyl sites for hydroxylation is 1. The summed E-state index contributed by atoms with van der Waals surface area (Å²) >= 11 is 0. The minimum Gasteiger partial charge on any atom is -0.507 e. The topological polar surface area (TPSA) is 20.2 Å². The van der Waals surface area contributed by atoms with Crippen molar-refractivity contribution < 1.29 is 5.11 Å². The molecule has 0 aromatic heterocycles. The van der Waals surface area contributed by atoms with Crippen molar-refractivity contribution >= 4 is 0 Å². The molecule has 0 amide bonds. The van der Waals surface area contributed by atoms with E-state index in [1.807, 2.05) is 43.3 Å². The van der Waals surface area contributed by atoms with Gasteiger partial charge in [0, 0.05) is 11.0 Å². The number of benzene rings is 3. The fraction of sp³-hybridized carbons (Fsp3) is 0.182. The molecule has 0 radical (unpaired) electrons. The van der Waals surface area contributed by atoms with Gasteiger partial charge in [0.25, 0.3) is 0 Å². The Labute approximate surface area is 138 Å². The molecule has 0 heterocycles. The van der Waals surface area contributed by atoms with Crippen molar-refractivity contribution in [1.82, 2.24) is 0 Å².